The van der Waals surface area contributed by atoms with Gasteiger partial charge in [-0.25, -0.2) is 9.13 Å². The van der Waals surface area contributed by atoms with E-state index < -0.39 is 0 Å². The number of unbranched alkanes of at least 4 members (excludes halogenated alkanes) is 24. The van der Waals surface area contributed by atoms with Gasteiger partial charge >= 0.3 is 0 Å². The SMILES string of the molecule is CCCCCCCCCCCCCCCn1cc[n+](CCCCC)c1CCCCCCCCCCCCC. The van der Waals surface area contributed by atoms with Crippen LogP contribution in [0.25, 0.3) is 0 Å². The zero-order valence-corrected chi connectivity index (χ0v) is 26.8. The fourth-order valence-corrected chi connectivity index (χ4v) is 5.97. The van der Waals surface area contributed by atoms with Gasteiger partial charge in [-0.3, -0.25) is 0 Å². The van der Waals surface area contributed by atoms with E-state index in [9.17, 15) is 0 Å². The summed E-state index contributed by atoms with van der Waals surface area (Å²) in [5.74, 6) is 1.61. The Morgan fingerprint density at radius 3 is 1.26 bits per heavy atom. The second-order valence-electron chi connectivity index (χ2n) is 12.3. The summed E-state index contributed by atoms with van der Waals surface area (Å²) < 4.78 is 5.20. The van der Waals surface area contributed by atoms with Crippen molar-refractivity contribution in [3.05, 3.63) is 18.2 Å². The molecule has 0 N–H and O–H groups in total. The number of aryl methyl sites for hydroxylation is 2. The molecule has 0 unspecified atom stereocenters. The van der Waals surface area contributed by atoms with Crippen LogP contribution < -0.4 is 4.57 Å². The number of nitrogens with zero attached hydrogens (tertiary/aromatic N) is 2. The van der Waals surface area contributed by atoms with Crippen LogP contribution in [0.3, 0.4) is 0 Å². The Hall–Kier alpha value is -0.790. The molecule has 0 saturated heterocycles. The van der Waals surface area contributed by atoms with Crippen LogP contribution in [0, 0.1) is 0 Å². The zero-order valence-electron chi connectivity index (χ0n) is 26.8. The van der Waals surface area contributed by atoms with Gasteiger partial charge in [0.2, 0.25) is 0 Å². The maximum Gasteiger partial charge on any atom is 0.256 e. The predicted octanol–water partition coefficient (Wildman–Crippen LogP) is 11.9. The number of aromatic nitrogens is 2. The van der Waals surface area contributed by atoms with Crippen LogP contribution >= 0.6 is 0 Å². The summed E-state index contributed by atoms with van der Waals surface area (Å²) in [6.07, 6.45) is 44.5. The van der Waals surface area contributed by atoms with Gasteiger partial charge in [0.05, 0.1) is 13.1 Å². The maximum atomic E-state index is 2.61. The molecule has 1 aromatic rings. The molecule has 2 heteroatoms. The molecular weight excluding hydrogens is 460 g/mol. The van der Waals surface area contributed by atoms with Gasteiger partial charge in [-0.15, -0.1) is 0 Å². The largest absolute Gasteiger partial charge is 0.256 e. The van der Waals surface area contributed by atoms with E-state index in [4.69, 9.17) is 0 Å². The first kappa shape index (κ1) is 35.2. The number of hydrogen-bond donors (Lipinski definition) is 0. The van der Waals surface area contributed by atoms with Gasteiger partial charge in [0.25, 0.3) is 5.82 Å². The molecule has 1 rings (SSSR count). The van der Waals surface area contributed by atoms with E-state index >= 15 is 0 Å². The van der Waals surface area contributed by atoms with Crippen LogP contribution in [0.4, 0.5) is 0 Å². The van der Waals surface area contributed by atoms with E-state index in [2.05, 4.69) is 42.3 Å². The Morgan fingerprint density at radius 1 is 0.447 bits per heavy atom. The summed E-state index contributed by atoms with van der Waals surface area (Å²) in [6, 6.07) is 0. The van der Waals surface area contributed by atoms with Crippen LogP contribution in [-0.2, 0) is 19.5 Å². The monoisotopic (exact) mass is 532 g/mol. The van der Waals surface area contributed by atoms with Gasteiger partial charge in [0.1, 0.15) is 12.4 Å². The quantitative estimate of drug-likeness (QED) is 0.0689. The molecule has 0 spiro atoms. The van der Waals surface area contributed by atoms with E-state index in [1.54, 1.807) is 5.82 Å². The summed E-state index contributed by atoms with van der Waals surface area (Å²) in [6.45, 7) is 9.38. The van der Waals surface area contributed by atoms with Crippen molar-refractivity contribution in [2.24, 2.45) is 0 Å². The van der Waals surface area contributed by atoms with Crippen LogP contribution in [-0.4, -0.2) is 4.57 Å². The van der Waals surface area contributed by atoms with Gasteiger partial charge in [0.15, 0.2) is 0 Å². The van der Waals surface area contributed by atoms with Gasteiger partial charge in [0, 0.05) is 6.42 Å². The summed E-state index contributed by atoms with van der Waals surface area (Å²) in [4.78, 5) is 0. The van der Waals surface area contributed by atoms with Crippen molar-refractivity contribution in [2.45, 2.75) is 214 Å². The molecule has 0 saturated carbocycles. The molecule has 0 aliphatic rings. The van der Waals surface area contributed by atoms with Gasteiger partial charge in [-0.2, -0.15) is 0 Å². The zero-order chi connectivity index (χ0) is 27.4. The van der Waals surface area contributed by atoms with E-state index in [1.165, 1.54) is 193 Å². The molecule has 38 heavy (non-hydrogen) atoms. The van der Waals surface area contributed by atoms with Crippen molar-refractivity contribution in [1.82, 2.24) is 4.57 Å². The molecule has 0 fully saturated rings. The lowest BCUT2D eigenvalue weighted by Crippen LogP contribution is -2.37. The highest BCUT2D eigenvalue weighted by Crippen LogP contribution is 2.15. The minimum Gasteiger partial charge on any atom is -0.234 e. The normalized spacial score (nSPS) is 11.6. The lowest BCUT2D eigenvalue weighted by Gasteiger charge is -2.07. The van der Waals surface area contributed by atoms with Gasteiger partial charge in [-0.05, 0) is 32.1 Å². The van der Waals surface area contributed by atoms with Crippen LogP contribution in [0.15, 0.2) is 12.4 Å². The maximum absolute atomic E-state index is 2.61. The highest BCUT2D eigenvalue weighted by Gasteiger charge is 2.16. The fraction of sp³-hybridized carbons (Fsp3) is 0.917. The Labute approximate surface area is 240 Å². The molecule has 1 heterocycles. The van der Waals surface area contributed by atoms with Crippen molar-refractivity contribution in [3.63, 3.8) is 0 Å². The molecular formula is C36H71N2+. The molecule has 0 radical (unpaired) electrons. The minimum atomic E-state index is 1.22. The first-order valence-electron chi connectivity index (χ1n) is 17.9. The molecule has 0 amide bonds. The van der Waals surface area contributed by atoms with Crippen molar-refractivity contribution >= 4 is 0 Å². The number of imidazole rings is 1. The molecule has 0 aromatic carbocycles. The lowest BCUT2D eigenvalue weighted by atomic mass is 10.0. The smallest absolute Gasteiger partial charge is 0.234 e. The lowest BCUT2D eigenvalue weighted by molar-refractivity contribution is -0.704. The second-order valence-corrected chi connectivity index (χ2v) is 12.3. The highest BCUT2D eigenvalue weighted by atomic mass is 15.1. The number of rotatable bonds is 30. The minimum absolute atomic E-state index is 1.22. The molecule has 1 aromatic heterocycles. The Kier molecular flexibility index (Phi) is 25.7. The molecule has 0 aliphatic carbocycles. The van der Waals surface area contributed by atoms with Crippen LogP contribution in [0.5, 0.6) is 0 Å². The van der Waals surface area contributed by atoms with E-state index in [0.29, 0.717) is 0 Å². The van der Waals surface area contributed by atoms with Crippen molar-refractivity contribution in [2.75, 3.05) is 0 Å². The molecule has 0 bridgehead atoms. The van der Waals surface area contributed by atoms with Crippen molar-refractivity contribution in [3.8, 4) is 0 Å². The third-order valence-electron chi connectivity index (χ3n) is 8.60. The standard InChI is InChI=1S/C36H71N2/c1-4-7-10-12-14-16-18-19-21-23-25-27-30-33-38-35-34-37(32-29-9-6-3)36(38)31-28-26-24-22-20-17-15-13-11-8-5-2/h34-35H,4-33H2,1-3H3/q+1. The summed E-state index contributed by atoms with van der Waals surface area (Å²) in [5.41, 5.74) is 0. The predicted molar refractivity (Wildman–Crippen MR) is 170 cm³/mol. The Morgan fingerprint density at radius 2 is 0.816 bits per heavy atom. The Balaban J connectivity index is 2.18. The summed E-state index contributed by atoms with van der Waals surface area (Å²) >= 11 is 0. The summed E-state index contributed by atoms with van der Waals surface area (Å²) in [7, 11) is 0. The van der Waals surface area contributed by atoms with Crippen molar-refractivity contribution < 1.29 is 4.57 Å². The Bertz CT molecular complexity index is 590. The van der Waals surface area contributed by atoms with Crippen LogP contribution in [0.2, 0.25) is 0 Å². The third-order valence-corrected chi connectivity index (χ3v) is 8.60. The van der Waals surface area contributed by atoms with E-state index in [1.807, 2.05) is 0 Å². The highest BCUT2D eigenvalue weighted by molar-refractivity contribution is 4.84. The first-order chi connectivity index (χ1) is 18.8. The topological polar surface area (TPSA) is 8.81 Å². The average Bonchev–Trinajstić information content (AvgIpc) is 3.31. The average molecular weight is 532 g/mol. The van der Waals surface area contributed by atoms with Crippen LogP contribution in [0.1, 0.15) is 200 Å². The molecule has 0 aliphatic heterocycles. The van der Waals surface area contributed by atoms with Gasteiger partial charge < -0.3 is 0 Å². The second kappa shape index (κ2) is 27.8. The summed E-state index contributed by atoms with van der Waals surface area (Å²) in [5, 5.41) is 0. The molecule has 0 atom stereocenters. The molecule has 224 valence electrons. The van der Waals surface area contributed by atoms with E-state index in [-0.39, 0.29) is 0 Å². The van der Waals surface area contributed by atoms with Crippen molar-refractivity contribution in [1.29, 1.82) is 0 Å². The van der Waals surface area contributed by atoms with E-state index in [0.717, 1.165) is 0 Å². The fourth-order valence-electron chi connectivity index (χ4n) is 5.97. The molecule has 2 nitrogen and oxygen atoms in total. The first-order valence-corrected chi connectivity index (χ1v) is 17.9. The van der Waals surface area contributed by atoms with Gasteiger partial charge in [-0.1, -0.05) is 162 Å². The number of hydrogen-bond acceptors (Lipinski definition) is 0. The third kappa shape index (κ3) is 20.2.